The summed E-state index contributed by atoms with van der Waals surface area (Å²) in [7, 11) is 1.23. The fourth-order valence-corrected chi connectivity index (χ4v) is 2.15. The molecule has 1 amide bonds. The number of halogens is 2. The van der Waals surface area contributed by atoms with Gasteiger partial charge in [0.25, 0.3) is 5.91 Å². The first kappa shape index (κ1) is 13.3. The number of alkyl halides is 1. The van der Waals surface area contributed by atoms with Gasteiger partial charge in [0.1, 0.15) is 10.3 Å². The van der Waals surface area contributed by atoms with Gasteiger partial charge in [-0.2, -0.15) is 0 Å². The largest absolute Gasteiger partial charge is 0.468 e. The summed E-state index contributed by atoms with van der Waals surface area (Å²) in [6.45, 7) is 0.00128. The third-order valence-electron chi connectivity index (χ3n) is 1.72. The molecule has 0 saturated heterocycles. The zero-order chi connectivity index (χ0) is 12.1. The maximum absolute atomic E-state index is 11.5. The second-order valence-corrected chi connectivity index (χ2v) is 4.65. The lowest BCUT2D eigenvalue weighted by atomic mass is 10.4. The molecule has 1 atom stereocenters. The minimum absolute atomic E-state index is 0.00128. The molecule has 1 aromatic heterocycles. The third-order valence-corrected chi connectivity index (χ3v) is 3.39. The number of ether oxygens (including phenoxy) is 1. The zero-order valence-corrected chi connectivity index (χ0v) is 10.7. The molecule has 16 heavy (non-hydrogen) atoms. The fraction of sp³-hybridized carbons (Fsp3) is 0.333. The predicted molar refractivity (Wildman–Crippen MR) is 63.3 cm³/mol. The van der Waals surface area contributed by atoms with Crippen LogP contribution in [0.25, 0.3) is 0 Å². The van der Waals surface area contributed by atoms with E-state index in [1.54, 1.807) is 11.4 Å². The molecule has 88 valence electrons. The van der Waals surface area contributed by atoms with Gasteiger partial charge in [-0.05, 0) is 11.4 Å². The van der Waals surface area contributed by atoms with Crippen LogP contribution in [0.1, 0.15) is 9.67 Å². The lowest BCUT2D eigenvalue weighted by molar-refractivity contribution is -0.140. The smallest absolute Gasteiger partial charge is 0.325 e. The van der Waals surface area contributed by atoms with Gasteiger partial charge in [-0.1, -0.05) is 11.6 Å². The van der Waals surface area contributed by atoms with Gasteiger partial charge < -0.3 is 10.1 Å². The van der Waals surface area contributed by atoms with Crippen molar-refractivity contribution < 1.29 is 14.3 Å². The van der Waals surface area contributed by atoms with Gasteiger partial charge in [0.15, 0.2) is 0 Å². The number of amides is 1. The first-order valence-electron chi connectivity index (χ1n) is 4.29. The summed E-state index contributed by atoms with van der Waals surface area (Å²) in [6, 6.07) is 1.62. The molecular weight excluding hydrogens is 273 g/mol. The number of methoxy groups -OCH3 is 1. The third kappa shape index (κ3) is 3.37. The van der Waals surface area contributed by atoms with Crippen LogP contribution in [0.5, 0.6) is 0 Å². The van der Waals surface area contributed by atoms with Gasteiger partial charge in [-0.25, -0.2) is 0 Å². The van der Waals surface area contributed by atoms with Crippen LogP contribution in [0.3, 0.4) is 0 Å². The molecule has 4 nitrogen and oxygen atoms in total. The molecular formula is C9H9Cl2NO3S. The molecule has 0 aliphatic carbocycles. The highest BCUT2D eigenvalue weighted by atomic mass is 35.5. The van der Waals surface area contributed by atoms with Crippen molar-refractivity contribution in [3.8, 4) is 0 Å². The Morgan fingerprint density at radius 3 is 2.81 bits per heavy atom. The van der Waals surface area contributed by atoms with E-state index < -0.39 is 11.3 Å². The number of hydrogen-bond acceptors (Lipinski definition) is 4. The summed E-state index contributed by atoms with van der Waals surface area (Å²) in [6.07, 6.45) is 0. The molecule has 0 saturated carbocycles. The number of hydrogen-bond donors (Lipinski definition) is 1. The lowest BCUT2D eigenvalue weighted by Crippen LogP contribution is -2.33. The highest BCUT2D eigenvalue weighted by Gasteiger charge is 2.18. The van der Waals surface area contributed by atoms with E-state index in [4.69, 9.17) is 23.2 Å². The topological polar surface area (TPSA) is 55.4 Å². The molecule has 1 heterocycles. The van der Waals surface area contributed by atoms with Crippen molar-refractivity contribution >= 4 is 46.4 Å². The molecule has 1 rings (SSSR count). The summed E-state index contributed by atoms with van der Waals surface area (Å²) in [5.74, 6) is -0.936. The molecule has 0 spiro atoms. The van der Waals surface area contributed by atoms with Gasteiger partial charge in [0.05, 0.1) is 12.1 Å². The van der Waals surface area contributed by atoms with Crippen molar-refractivity contribution in [3.63, 3.8) is 0 Å². The van der Waals surface area contributed by atoms with Gasteiger partial charge in [0.2, 0.25) is 0 Å². The fourth-order valence-electron chi connectivity index (χ4n) is 0.930. The first-order valence-corrected chi connectivity index (χ1v) is 5.98. The van der Waals surface area contributed by atoms with Crippen LogP contribution in [0.4, 0.5) is 0 Å². The average molecular weight is 282 g/mol. The van der Waals surface area contributed by atoms with Crippen molar-refractivity contribution in [1.82, 2.24) is 5.32 Å². The Morgan fingerprint density at radius 1 is 1.62 bits per heavy atom. The van der Waals surface area contributed by atoms with E-state index in [2.05, 4.69) is 10.1 Å². The average Bonchev–Trinajstić information content (AvgIpc) is 2.70. The minimum atomic E-state index is -0.896. The Bertz CT molecular complexity index is 394. The first-order chi connectivity index (χ1) is 7.56. The molecule has 1 unspecified atom stereocenters. The SMILES string of the molecule is COC(=O)C(Cl)CNC(=O)c1sccc1Cl. The van der Waals surface area contributed by atoms with Gasteiger partial charge in [-0.3, -0.25) is 9.59 Å². The second kappa shape index (κ2) is 6.08. The Labute approximate surface area is 106 Å². The molecule has 1 aromatic rings. The van der Waals surface area contributed by atoms with E-state index in [0.29, 0.717) is 9.90 Å². The van der Waals surface area contributed by atoms with Crippen molar-refractivity contribution in [3.05, 3.63) is 21.3 Å². The maximum Gasteiger partial charge on any atom is 0.325 e. The van der Waals surface area contributed by atoms with Gasteiger partial charge in [-0.15, -0.1) is 22.9 Å². The van der Waals surface area contributed by atoms with Crippen molar-refractivity contribution in [2.75, 3.05) is 13.7 Å². The Hall–Kier alpha value is -0.780. The van der Waals surface area contributed by atoms with Crippen molar-refractivity contribution in [1.29, 1.82) is 0 Å². The van der Waals surface area contributed by atoms with E-state index in [1.807, 2.05) is 0 Å². The Kier molecular flexibility index (Phi) is 5.05. The molecule has 0 aliphatic rings. The Morgan fingerprint density at radius 2 is 2.31 bits per heavy atom. The summed E-state index contributed by atoms with van der Waals surface area (Å²) in [5.41, 5.74) is 0. The van der Waals surface area contributed by atoms with Gasteiger partial charge in [0, 0.05) is 6.54 Å². The van der Waals surface area contributed by atoms with E-state index in [9.17, 15) is 9.59 Å². The molecule has 1 N–H and O–H groups in total. The standard InChI is InChI=1S/C9H9Cl2NO3S/c1-15-9(14)6(11)4-12-8(13)7-5(10)2-3-16-7/h2-3,6H,4H2,1H3,(H,12,13). The van der Waals surface area contributed by atoms with E-state index >= 15 is 0 Å². The monoisotopic (exact) mass is 281 g/mol. The van der Waals surface area contributed by atoms with Crippen LogP contribution in [-0.4, -0.2) is 30.9 Å². The van der Waals surface area contributed by atoms with E-state index in [1.165, 1.54) is 18.4 Å². The molecule has 0 bridgehead atoms. The van der Waals surface area contributed by atoms with Crippen LogP contribution >= 0.6 is 34.5 Å². The quantitative estimate of drug-likeness (QED) is 0.678. The molecule has 0 fully saturated rings. The predicted octanol–water partition coefficient (Wildman–Crippen LogP) is 1.91. The maximum atomic E-state index is 11.5. The summed E-state index contributed by atoms with van der Waals surface area (Å²) >= 11 is 12.6. The summed E-state index contributed by atoms with van der Waals surface area (Å²) in [4.78, 5) is 22.9. The number of esters is 1. The highest BCUT2D eigenvalue weighted by molar-refractivity contribution is 7.12. The lowest BCUT2D eigenvalue weighted by Gasteiger charge is -2.08. The van der Waals surface area contributed by atoms with Crippen LogP contribution in [0.2, 0.25) is 5.02 Å². The molecule has 0 aromatic carbocycles. The molecule has 0 radical (unpaired) electrons. The number of rotatable bonds is 4. The van der Waals surface area contributed by atoms with Crippen molar-refractivity contribution in [2.24, 2.45) is 0 Å². The molecule has 0 aliphatic heterocycles. The second-order valence-electron chi connectivity index (χ2n) is 2.80. The van der Waals surface area contributed by atoms with E-state index in [-0.39, 0.29) is 12.5 Å². The van der Waals surface area contributed by atoms with Crippen molar-refractivity contribution in [2.45, 2.75) is 5.38 Å². The normalized spacial score (nSPS) is 11.9. The van der Waals surface area contributed by atoms with E-state index in [0.717, 1.165) is 0 Å². The minimum Gasteiger partial charge on any atom is -0.468 e. The molecule has 7 heteroatoms. The van der Waals surface area contributed by atoms with Crippen LogP contribution < -0.4 is 5.32 Å². The van der Waals surface area contributed by atoms with Crippen LogP contribution in [-0.2, 0) is 9.53 Å². The number of carbonyl (C=O) groups excluding carboxylic acids is 2. The number of nitrogens with one attached hydrogen (secondary N) is 1. The van der Waals surface area contributed by atoms with Crippen LogP contribution in [0.15, 0.2) is 11.4 Å². The number of thiophene rings is 1. The zero-order valence-electron chi connectivity index (χ0n) is 8.33. The number of carbonyl (C=O) groups is 2. The summed E-state index contributed by atoms with van der Waals surface area (Å²) < 4.78 is 4.41. The summed E-state index contributed by atoms with van der Waals surface area (Å²) in [5, 5.41) is 3.68. The van der Waals surface area contributed by atoms with Crippen LogP contribution in [0, 0.1) is 0 Å². The van der Waals surface area contributed by atoms with Gasteiger partial charge >= 0.3 is 5.97 Å². The Balaban J connectivity index is 2.48. The highest BCUT2D eigenvalue weighted by Crippen LogP contribution is 2.21.